The Labute approximate surface area is 152 Å². The number of benzene rings is 2. The van der Waals surface area contributed by atoms with Crippen molar-refractivity contribution in [2.24, 2.45) is 4.99 Å². The highest BCUT2D eigenvalue weighted by Gasteiger charge is 2.24. The molecule has 0 saturated heterocycles. The number of aliphatic imine (C=N–C) groups is 1. The van der Waals surface area contributed by atoms with E-state index in [4.69, 9.17) is 9.47 Å². The average molecular weight is 373 g/mol. The van der Waals surface area contributed by atoms with Crippen molar-refractivity contribution in [3.63, 3.8) is 0 Å². The first-order chi connectivity index (χ1) is 12.9. The van der Waals surface area contributed by atoms with Crippen LogP contribution in [0.1, 0.15) is 18.1 Å². The van der Waals surface area contributed by atoms with Crippen LogP contribution >= 0.6 is 0 Å². The third-order valence-electron chi connectivity index (χ3n) is 3.39. The summed E-state index contributed by atoms with van der Waals surface area (Å²) < 4.78 is 38.7. The summed E-state index contributed by atoms with van der Waals surface area (Å²) in [6.45, 7) is -1.62. The van der Waals surface area contributed by atoms with E-state index in [-0.39, 0.29) is 17.3 Å². The summed E-state index contributed by atoms with van der Waals surface area (Å²) in [6.07, 6.45) is 1.52. The second-order valence-corrected chi connectivity index (χ2v) is 5.40. The first kappa shape index (κ1) is 18.2. The van der Waals surface area contributed by atoms with Crippen molar-refractivity contribution in [3.05, 3.63) is 65.4 Å². The molecule has 27 heavy (non-hydrogen) atoms. The largest absolute Gasteiger partial charge is 0.435 e. The van der Waals surface area contributed by atoms with Crippen molar-refractivity contribution in [1.29, 1.82) is 0 Å². The number of hydrogen-bond acceptors (Lipinski definition) is 6. The van der Waals surface area contributed by atoms with Crippen molar-refractivity contribution in [2.75, 3.05) is 0 Å². The van der Waals surface area contributed by atoms with Crippen molar-refractivity contribution < 1.29 is 32.6 Å². The van der Waals surface area contributed by atoms with Gasteiger partial charge in [0.1, 0.15) is 11.5 Å². The van der Waals surface area contributed by atoms with E-state index in [1.807, 2.05) is 0 Å². The molecule has 1 heterocycles. The van der Waals surface area contributed by atoms with Gasteiger partial charge in [-0.1, -0.05) is 12.1 Å². The van der Waals surface area contributed by atoms with Crippen LogP contribution in [0, 0.1) is 0 Å². The molecule has 2 aromatic rings. The van der Waals surface area contributed by atoms with Crippen molar-refractivity contribution >= 4 is 23.9 Å². The Hall–Kier alpha value is -3.55. The maximum Gasteiger partial charge on any atom is 0.387 e. The normalized spacial score (nSPS) is 14.9. The molecule has 8 heteroatoms. The number of rotatable bonds is 5. The topological polar surface area (TPSA) is 74.2 Å². The smallest absolute Gasteiger partial charge is 0.387 e. The molecule has 0 aliphatic carbocycles. The lowest BCUT2D eigenvalue weighted by molar-refractivity contribution is -0.132. The summed E-state index contributed by atoms with van der Waals surface area (Å²) in [6, 6.07) is 12.0. The van der Waals surface area contributed by atoms with E-state index in [1.54, 1.807) is 24.3 Å². The minimum Gasteiger partial charge on any atom is -0.435 e. The second-order valence-electron chi connectivity index (χ2n) is 5.40. The number of carbonyl (C=O) groups is 2. The molecule has 0 unspecified atom stereocenters. The summed E-state index contributed by atoms with van der Waals surface area (Å²) in [5, 5.41) is 0. The highest BCUT2D eigenvalue weighted by Crippen LogP contribution is 2.22. The molecular formula is C19H13F2NO5. The number of carbonyl (C=O) groups excluding carboxylic acids is 2. The lowest BCUT2D eigenvalue weighted by Gasteiger charge is -2.04. The number of hydrogen-bond donors (Lipinski definition) is 0. The van der Waals surface area contributed by atoms with Crippen LogP contribution in [0.25, 0.3) is 6.08 Å². The van der Waals surface area contributed by atoms with Gasteiger partial charge < -0.3 is 14.2 Å². The molecule has 138 valence electrons. The minimum atomic E-state index is -2.92. The summed E-state index contributed by atoms with van der Waals surface area (Å²) in [5.41, 5.74) is 1.18. The first-order valence-electron chi connectivity index (χ1n) is 7.77. The van der Waals surface area contributed by atoms with E-state index < -0.39 is 18.6 Å². The fourth-order valence-corrected chi connectivity index (χ4v) is 2.27. The van der Waals surface area contributed by atoms with Crippen LogP contribution in [0.5, 0.6) is 11.5 Å². The van der Waals surface area contributed by atoms with E-state index in [0.717, 1.165) is 0 Å². The number of cyclic esters (lactones) is 1. The Bertz CT molecular complexity index is 918. The Morgan fingerprint density at radius 3 is 2.30 bits per heavy atom. The zero-order chi connectivity index (χ0) is 19.4. The molecule has 1 aliphatic rings. The van der Waals surface area contributed by atoms with Gasteiger partial charge in [-0.2, -0.15) is 8.78 Å². The number of alkyl halides is 2. The van der Waals surface area contributed by atoms with Crippen LogP contribution in [0.15, 0.2) is 59.2 Å². The number of nitrogens with zero attached hydrogens (tertiary/aromatic N) is 1. The van der Waals surface area contributed by atoms with Gasteiger partial charge in [-0.15, -0.1) is 0 Å². The average Bonchev–Trinajstić information content (AvgIpc) is 2.97. The van der Waals surface area contributed by atoms with Gasteiger partial charge in [0.25, 0.3) is 0 Å². The zero-order valence-corrected chi connectivity index (χ0v) is 14.0. The van der Waals surface area contributed by atoms with E-state index in [1.165, 1.54) is 37.3 Å². The third-order valence-corrected chi connectivity index (χ3v) is 3.39. The quantitative estimate of drug-likeness (QED) is 0.455. The van der Waals surface area contributed by atoms with Crippen LogP contribution in [-0.4, -0.2) is 24.4 Å². The van der Waals surface area contributed by atoms with E-state index in [2.05, 4.69) is 9.73 Å². The van der Waals surface area contributed by atoms with Crippen LogP contribution in [0.4, 0.5) is 8.78 Å². The van der Waals surface area contributed by atoms with Gasteiger partial charge in [-0.3, -0.25) is 4.79 Å². The predicted molar refractivity (Wildman–Crippen MR) is 91.4 cm³/mol. The fourth-order valence-electron chi connectivity index (χ4n) is 2.27. The molecular weight excluding hydrogens is 360 g/mol. The first-order valence-corrected chi connectivity index (χ1v) is 7.77. The van der Waals surface area contributed by atoms with Crippen molar-refractivity contribution in [2.45, 2.75) is 13.5 Å². The molecule has 2 aromatic carbocycles. The molecule has 0 spiro atoms. The maximum absolute atomic E-state index is 12.2. The molecule has 6 nitrogen and oxygen atoms in total. The Morgan fingerprint density at radius 1 is 1.07 bits per heavy atom. The highest BCUT2D eigenvalue weighted by molar-refractivity contribution is 6.12. The third kappa shape index (κ3) is 4.75. The van der Waals surface area contributed by atoms with Gasteiger partial charge in [-0.25, -0.2) is 9.79 Å². The van der Waals surface area contributed by atoms with E-state index in [0.29, 0.717) is 16.9 Å². The molecule has 0 bridgehead atoms. The Balaban J connectivity index is 1.77. The predicted octanol–water partition coefficient (Wildman–Crippen LogP) is 3.56. The highest BCUT2D eigenvalue weighted by atomic mass is 19.3. The van der Waals surface area contributed by atoms with Crippen molar-refractivity contribution in [1.82, 2.24) is 0 Å². The standard InChI is InChI=1S/C19H13F2NO5/c1-11(23)25-14-6-2-12(3-7-14)10-16-18(24)27-17(22-16)13-4-8-15(9-5-13)26-19(20)21/h2-10,19H,1H3/b16-10-. The van der Waals surface area contributed by atoms with Crippen LogP contribution in [-0.2, 0) is 14.3 Å². The molecule has 1 aliphatic heterocycles. The summed E-state index contributed by atoms with van der Waals surface area (Å²) >= 11 is 0. The monoisotopic (exact) mass is 373 g/mol. The zero-order valence-electron chi connectivity index (χ0n) is 14.0. The van der Waals surface area contributed by atoms with Gasteiger partial charge in [0.05, 0.1) is 0 Å². The van der Waals surface area contributed by atoms with E-state index in [9.17, 15) is 18.4 Å². The molecule has 0 atom stereocenters. The number of halogens is 2. The maximum atomic E-state index is 12.2. The molecule has 0 saturated carbocycles. The van der Waals surface area contributed by atoms with Gasteiger partial charge in [0.2, 0.25) is 5.90 Å². The number of ether oxygens (including phenoxy) is 3. The van der Waals surface area contributed by atoms with Gasteiger partial charge >= 0.3 is 18.6 Å². The number of esters is 2. The summed E-state index contributed by atoms with van der Waals surface area (Å²) in [4.78, 5) is 27.0. The van der Waals surface area contributed by atoms with Crippen molar-refractivity contribution in [3.8, 4) is 11.5 Å². The van der Waals surface area contributed by atoms with E-state index >= 15 is 0 Å². The molecule has 3 rings (SSSR count). The van der Waals surface area contributed by atoms with Gasteiger partial charge in [-0.05, 0) is 48.0 Å². The Morgan fingerprint density at radius 2 is 1.70 bits per heavy atom. The minimum absolute atomic E-state index is 0.0118. The van der Waals surface area contributed by atoms with Crippen LogP contribution in [0.2, 0.25) is 0 Å². The molecule has 0 aromatic heterocycles. The lowest BCUT2D eigenvalue weighted by atomic mass is 10.2. The fraction of sp³-hybridized carbons (Fsp3) is 0.105. The molecule has 0 N–H and O–H groups in total. The summed E-state index contributed by atoms with van der Waals surface area (Å²) in [5.74, 6) is -0.635. The van der Waals surface area contributed by atoms with Gasteiger partial charge in [0.15, 0.2) is 5.70 Å². The molecule has 0 radical (unpaired) electrons. The SMILES string of the molecule is CC(=O)Oc1ccc(/C=C2\N=C(c3ccc(OC(F)F)cc3)OC2=O)cc1. The molecule has 0 amide bonds. The van der Waals surface area contributed by atoms with Crippen LogP contribution < -0.4 is 9.47 Å². The second kappa shape index (κ2) is 7.77. The lowest BCUT2D eigenvalue weighted by Crippen LogP contribution is -2.06. The Kier molecular flexibility index (Phi) is 5.25. The van der Waals surface area contributed by atoms with Gasteiger partial charge in [0, 0.05) is 12.5 Å². The molecule has 0 fully saturated rings. The van der Waals surface area contributed by atoms with Crippen LogP contribution in [0.3, 0.4) is 0 Å². The summed E-state index contributed by atoms with van der Waals surface area (Å²) in [7, 11) is 0.